The smallest absolute Gasteiger partial charge is 0.311 e. The van der Waals surface area contributed by atoms with Crippen molar-refractivity contribution in [2.75, 3.05) is 18.8 Å². The van der Waals surface area contributed by atoms with E-state index in [2.05, 4.69) is 0 Å². The molecule has 1 atom stereocenters. The summed E-state index contributed by atoms with van der Waals surface area (Å²) in [5.74, 6) is -1.02. The van der Waals surface area contributed by atoms with Gasteiger partial charge in [-0.2, -0.15) is 0 Å². The number of benzene rings is 1. The molecule has 1 unspecified atom stereocenters. The monoisotopic (exact) mass is 310 g/mol. The summed E-state index contributed by atoms with van der Waals surface area (Å²) in [5, 5.41) is 9.87. The van der Waals surface area contributed by atoms with Gasteiger partial charge in [-0.15, -0.1) is 0 Å². The number of anilines is 1. The molecule has 0 aliphatic carbocycles. The molecule has 1 heterocycles. The molecule has 1 aromatic rings. The van der Waals surface area contributed by atoms with E-state index in [0.29, 0.717) is 35.7 Å². The molecular weight excluding hydrogens is 292 g/mol. The second-order valence-electron chi connectivity index (χ2n) is 5.55. The Morgan fingerprint density at radius 2 is 2.19 bits per heavy atom. The van der Waals surface area contributed by atoms with Crippen LogP contribution in [-0.4, -0.2) is 35.0 Å². The normalized spacial score (nSPS) is 21.5. The third kappa shape index (κ3) is 2.97. The first-order valence-electron chi connectivity index (χ1n) is 6.97. The van der Waals surface area contributed by atoms with E-state index in [1.54, 1.807) is 17.0 Å². The highest BCUT2D eigenvalue weighted by molar-refractivity contribution is 6.33. The number of nitrogen functional groups attached to an aromatic ring is 1. The Bertz CT molecular complexity index is 576. The van der Waals surface area contributed by atoms with E-state index in [4.69, 9.17) is 17.3 Å². The molecule has 0 radical (unpaired) electrons. The number of likely N-dealkylation sites (tertiary alicyclic amines) is 1. The molecule has 1 aromatic carbocycles. The van der Waals surface area contributed by atoms with E-state index >= 15 is 0 Å². The van der Waals surface area contributed by atoms with Gasteiger partial charge in [0, 0.05) is 18.7 Å². The number of carboxylic acid groups (broad SMARTS) is 1. The first-order valence-corrected chi connectivity index (χ1v) is 7.35. The van der Waals surface area contributed by atoms with E-state index in [9.17, 15) is 14.7 Å². The van der Waals surface area contributed by atoms with Crippen molar-refractivity contribution < 1.29 is 14.7 Å². The van der Waals surface area contributed by atoms with Gasteiger partial charge in [-0.1, -0.05) is 24.9 Å². The number of nitrogens with two attached hydrogens (primary N) is 1. The quantitative estimate of drug-likeness (QED) is 0.837. The Kier molecular flexibility index (Phi) is 4.42. The predicted molar refractivity (Wildman–Crippen MR) is 81.4 cm³/mol. The van der Waals surface area contributed by atoms with Crippen molar-refractivity contribution in [3.63, 3.8) is 0 Å². The summed E-state index contributed by atoms with van der Waals surface area (Å²) < 4.78 is 0. The Hall–Kier alpha value is -1.75. The van der Waals surface area contributed by atoms with Gasteiger partial charge in [0.15, 0.2) is 0 Å². The topological polar surface area (TPSA) is 83.6 Å². The van der Waals surface area contributed by atoms with Crippen molar-refractivity contribution in [2.24, 2.45) is 5.41 Å². The van der Waals surface area contributed by atoms with Crippen LogP contribution in [0, 0.1) is 5.41 Å². The summed E-state index contributed by atoms with van der Waals surface area (Å²) in [5.41, 5.74) is 5.68. The lowest BCUT2D eigenvalue weighted by molar-refractivity contribution is -0.148. The largest absolute Gasteiger partial charge is 0.481 e. The van der Waals surface area contributed by atoms with Gasteiger partial charge in [0.25, 0.3) is 5.91 Å². The predicted octanol–water partition coefficient (Wildman–Crippen LogP) is 2.64. The Morgan fingerprint density at radius 3 is 2.76 bits per heavy atom. The van der Waals surface area contributed by atoms with Crippen LogP contribution in [0.3, 0.4) is 0 Å². The van der Waals surface area contributed by atoms with Gasteiger partial charge >= 0.3 is 5.97 Å². The zero-order chi connectivity index (χ0) is 15.6. The molecule has 0 spiro atoms. The van der Waals surface area contributed by atoms with Crippen molar-refractivity contribution in [3.8, 4) is 0 Å². The zero-order valence-electron chi connectivity index (χ0n) is 11.9. The number of hydrogen-bond acceptors (Lipinski definition) is 3. The lowest BCUT2D eigenvalue weighted by Gasteiger charge is -2.24. The molecule has 1 aliphatic heterocycles. The second kappa shape index (κ2) is 5.93. The third-order valence-electron chi connectivity index (χ3n) is 4.07. The summed E-state index contributed by atoms with van der Waals surface area (Å²) in [6.45, 7) is 2.65. The minimum absolute atomic E-state index is 0.197. The highest BCUT2D eigenvalue weighted by atomic mass is 35.5. The molecule has 2 rings (SSSR count). The van der Waals surface area contributed by atoms with Crippen molar-refractivity contribution >= 4 is 29.2 Å². The van der Waals surface area contributed by atoms with E-state index in [-0.39, 0.29) is 12.5 Å². The summed E-state index contributed by atoms with van der Waals surface area (Å²) in [6.07, 6.45) is 1.85. The molecule has 1 aliphatic rings. The maximum atomic E-state index is 12.5. The van der Waals surface area contributed by atoms with E-state index in [1.807, 2.05) is 6.92 Å². The Labute approximate surface area is 128 Å². The highest BCUT2D eigenvalue weighted by Crippen LogP contribution is 2.36. The number of carbonyl (C=O) groups excluding carboxylic acids is 1. The highest BCUT2D eigenvalue weighted by Gasteiger charge is 2.45. The molecule has 3 N–H and O–H groups in total. The summed E-state index contributed by atoms with van der Waals surface area (Å²) >= 11 is 5.85. The van der Waals surface area contributed by atoms with Crippen molar-refractivity contribution in [1.82, 2.24) is 4.90 Å². The molecule has 21 heavy (non-hydrogen) atoms. The van der Waals surface area contributed by atoms with Crippen LogP contribution in [0.2, 0.25) is 5.02 Å². The van der Waals surface area contributed by atoms with E-state index in [0.717, 1.165) is 6.42 Å². The van der Waals surface area contributed by atoms with Crippen LogP contribution in [0.5, 0.6) is 0 Å². The van der Waals surface area contributed by atoms with Gasteiger partial charge in [-0.05, 0) is 31.0 Å². The number of carbonyl (C=O) groups is 2. The molecule has 0 saturated carbocycles. The summed E-state index contributed by atoms with van der Waals surface area (Å²) in [4.78, 5) is 25.6. The average Bonchev–Trinajstić information content (AvgIpc) is 2.87. The number of aliphatic carboxylic acids is 1. The van der Waals surface area contributed by atoms with Gasteiger partial charge in [0.1, 0.15) is 0 Å². The number of hydrogen-bond donors (Lipinski definition) is 2. The van der Waals surface area contributed by atoms with Gasteiger partial charge in [0.05, 0.1) is 16.1 Å². The van der Waals surface area contributed by atoms with Gasteiger partial charge < -0.3 is 15.7 Å². The van der Waals surface area contributed by atoms with Gasteiger partial charge in [-0.3, -0.25) is 9.59 Å². The fraction of sp³-hybridized carbons (Fsp3) is 0.467. The summed E-state index contributed by atoms with van der Waals surface area (Å²) in [6, 6.07) is 4.73. The van der Waals surface area contributed by atoms with Crippen LogP contribution in [0.1, 0.15) is 36.5 Å². The van der Waals surface area contributed by atoms with Crippen molar-refractivity contribution in [2.45, 2.75) is 26.2 Å². The minimum atomic E-state index is -0.824. The summed E-state index contributed by atoms with van der Waals surface area (Å²) in [7, 11) is 0. The number of amides is 1. The lowest BCUT2D eigenvalue weighted by atomic mass is 9.83. The third-order valence-corrected chi connectivity index (χ3v) is 4.41. The van der Waals surface area contributed by atoms with Crippen LogP contribution < -0.4 is 5.73 Å². The van der Waals surface area contributed by atoms with Gasteiger partial charge in [0.2, 0.25) is 0 Å². The molecule has 6 heteroatoms. The number of rotatable bonds is 4. The molecule has 0 aromatic heterocycles. The van der Waals surface area contributed by atoms with E-state index in [1.165, 1.54) is 6.07 Å². The Morgan fingerprint density at radius 1 is 1.48 bits per heavy atom. The maximum Gasteiger partial charge on any atom is 0.311 e. The molecule has 5 nitrogen and oxygen atoms in total. The molecular formula is C15H19ClN2O3. The number of halogens is 1. The molecule has 1 fully saturated rings. The van der Waals surface area contributed by atoms with Crippen LogP contribution in [0.15, 0.2) is 18.2 Å². The number of nitrogens with zero attached hydrogens (tertiary/aromatic N) is 1. The first-order chi connectivity index (χ1) is 9.89. The molecule has 114 valence electrons. The van der Waals surface area contributed by atoms with Crippen LogP contribution in [0.25, 0.3) is 0 Å². The molecule has 1 saturated heterocycles. The zero-order valence-corrected chi connectivity index (χ0v) is 12.7. The van der Waals surface area contributed by atoms with Crippen molar-refractivity contribution in [3.05, 3.63) is 28.8 Å². The van der Waals surface area contributed by atoms with Crippen LogP contribution in [0.4, 0.5) is 5.69 Å². The first kappa shape index (κ1) is 15.6. The SMILES string of the molecule is CCCC1(C(=O)O)CCN(C(=O)c2ccc(Cl)c(N)c2)C1. The lowest BCUT2D eigenvalue weighted by Crippen LogP contribution is -2.36. The molecule has 0 bridgehead atoms. The Balaban J connectivity index is 2.18. The van der Waals surface area contributed by atoms with Gasteiger partial charge in [-0.25, -0.2) is 0 Å². The molecule has 1 amide bonds. The van der Waals surface area contributed by atoms with Crippen molar-refractivity contribution in [1.29, 1.82) is 0 Å². The van der Waals surface area contributed by atoms with Crippen LogP contribution >= 0.6 is 11.6 Å². The number of carboxylic acids is 1. The minimum Gasteiger partial charge on any atom is -0.481 e. The maximum absolute atomic E-state index is 12.5. The van der Waals surface area contributed by atoms with E-state index < -0.39 is 11.4 Å². The fourth-order valence-electron chi connectivity index (χ4n) is 2.87. The standard InChI is InChI=1S/C15H19ClN2O3/c1-2-5-15(14(20)21)6-7-18(9-15)13(19)10-3-4-11(16)12(17)8-10/h3-4,8H,2,5-7,9,17H2,1H3,(H,20,21). The van der Waals surface area contributed by atoms with Crippen LogP contribution in [-0.2, 0) is 4.79 Å². The average molecular weight is 311 g/mol. The fourth-order valence-corrected chi connectivity index (χ4v) is 2.99. The second-order valence-corrected chi connectivity index (χ2v) is 5.96.